The molecule has 1 aromatic carbocycles. The standard InChI is InChI=1S/C15H18N2O3S2/c1-10(2)8-20-12-5-4-11(6-13(12)19-3)7-16-17-14(18)9-22-15(17)21/h4-7,10H,8-9H2,1-3H3. The molecule has 1 amide bonds. The summed E-state index contributed by atoms with van der Waals surface area (Å²) in [6.07, 6.45) is 1.59. The van der Waals surface area contributed by atoms with Crippen LogP contribution in [0.4, 0.5) is 0 Å². The quantitative estimate of drug-likeness (QED) is 0.590. The van der Waals surface area contributed by atoms with Crippen LogP contribution in [0.2, 0.25) is 0 Å². The predicted octanol–water partition coefficient (Wildman–Crippen LogP) is 2.92. The number of ether oxygens (including phenoxy) is 2. The Hall–Kier alpha value is -1.60. The molecule has 0 aliphatic carbocycles. The molecule has 0 N–H and O–H groups in total. The van der Waals surface area contributed by atoms with Gasteiger partial charge in [-0.15, -0.1) is 0 Å². The number of thiocarbonyl (C=S) groups is 1. The third-order valence-corrected chi connectivity index (χ3v) is 4.15. The molecule has 7 heteroatoms. The Bertz CT molecular complexity index is 586. The van der Waals surface area contributed by atoms with Crippen LogP contribution >= 0.6 is 24.0 Å². The molecular formula is C15H18N2O3S2. The lowest BCUT2D eigenvalue weighted by Gasteiger charge is -2.13. The number of hydrazone groups is 1. The molecule has 0 radical (unpaired) electrons. The second-order valence-electron chi connectivity index (χ2n) is 5.12. The van der Waals surface area contributed by atoms with Crippen molar-refractivity contribution in [2.75, 3.05) is 19.5 Å². The van der Waals surface area contributed by atoms with Crippen molar-refractivity contribution in [3.8, 4) is 11.5 Å². The molecular weight excluding hydrogens is 320 g/mol. The summed E-state index contributed by atoms with van der Waals surface area (Å²) >= 11 is 6.39. The summed E-state index contributed by atoms with van der Waals surface area (Å²) in [5, 5.41) is 5.38. The van der Waals surface area contributed by atoms with E-state index >= 15 is 0 Å². The highest BCUT2D eigenvalue weighted by molar-refractivity contribution is 8.23. The summed E-state index contributed by atoms with van der Waals surface area (Å²) in [5.74, 6) is 2.01. The first-order valence-electron chi connectivity index (χ1n) is 6.85. The van der Waals surface area contributed by atoms with E-state index in [4.69, 9.17) is 21.7 Å². The van der Waals surface area contributed by atoms with Gasteiger partial charge in [0.15, 0.2) is 15.8 Å². The van der Waals surface area contributed by atoms with Gasteiger partial charge in [-0.05, 0) is 29.7 Å². The normalized spacial score (nSPS) is 15.2. The van der Waals surface area contributed by atoms with Gasteiger partial charge in [-0.3, -0.25) is 4.79 Å². The highest BCUT2D eigenvalue weighted by atomic mass is 32.2. The molecule has 5 nitrogen and oxygen atoms in total. The predicted molar refractivity (Wildman–Crippen MR) is 92.8 cm³/mol. The summed E-state index contributed by atoms with van der Waals surface area (Å²) in [5.41, 5.74) is 0.807. The maximum absolute atomic E-state index is 11.6. The summed E-state index contributed by atoms with van der Waals surface area (Å²) in [6.45, 7) is 4.79. The van der Waals surface area contributed by atoms with E-state index in [2.05, 4.69) is 18.9 Å². The van der Waals surface area contributed by atoms with Crippen LogP contribution in [0, 0.1) is 5.92 Å². The van der Waals surface area contributed by atoms with Crippen molar-refractivity contribution in [1.29, 1.82) is 0 Å². The van der Waals surface area contributed by atoms with E-state index in [9.17, 15) is 4.79 Å². The first-order chi connectivity index (χ1) is 10.5. The molecule has 22 heavy (non-hydrogen) atoms. The first kappa shape index (κ1) is 16.8. The van der Waals surface area contributed by atoms with E-state index in [0.717, 1.165) is 5.56 Å². The average molecular weight is 338 g/mol. The smallest absolute Gasteiger partial charge is 0.259 e. The lowest BCUT2D eigenvalue weighted by molar-refractivity contribution is -0.123. The minimum Gasteiger partial charge on any atom is -0.493 e. The largest absolute Gasteiger partial charge is 0.493 e. The fraction of sp³-hybridized carbons (Fsp3) is 0.400. The Morgan fingerprint density at radius 3 is 2.82 bits per heavy atom. The molecule has 0 saturated carbocycles. The van der Waals surface area contributed by atoms with Gasteiger partial charge in [-0.1, -0.05) is 37.8 Å². The molecule has 118 valence electrons. The van der Waals surface area contributed by atoms with Gasteiger partial charge < -0.3 is 9.47 Å². The Labute approximate surface area is 139 Å². The number of methoxy groups -OCH3 is 1. The molecule has 1 aliphatic rings. The summed E-state index contributed by atoms with van der Waals surface area (Å²) in [7, 11) is 1.59. The summed E-state index contributed by atoms with van der Waals surface area (Å²) in [6, 6.07) is 5.51. The number of thioether (sulfide) groups is 1. The minimum atomic E-state index is -0.102. The maximum atomic E-state index is 11.6. The van der Waals surface area contributed by atoms with Gasteiger partial charge in [0, 0.05) is 0 Å². The zero-order chi connectivity index (χ0) is 16.1. The molecule has 1 saturated heterocycles. The summed E-state index contributed by atoms with van der Waals surface area (Å²) in [4.78, 5) is 11.6. The topological polar surface area (TPSA) is 51.1 Å². The van der Waals surface area contributed by atoms with Crippen LogP contribution in [0.5, 0.6) is 11.5 Å². The zero-order valence-corrected chi connectivity index (χ0v) is 14.4. The first-order valence-corrected chi connectivity index (χ1v) is 8.25. The fourth-order valence-corrected chi connectivity index (χ4v) is 2.69. The Morgan fingerprint density at radius 1 is 1.45 bits per heavy atom. The second kappa shape index (κ2) is 7.60. The van der Waals surface area contributed by atoms with Crippen LogP contribution in [0.3, 0.4) is 0 Å². The SMILES string of the molecule is COc1cc(C=NN2C(=O)CSC2=S)ccc1OCC(C)C. The highest BCUT2D eigenvalue weighted by Gasteiger charge is 2.25. The lowest BCUT2D eigenvalue weighted by atomic mass is 10.2. The van der Waals surface area contributed by atoms with Crippen LogP contribution in [-0.2, 0) is 4.79 Å². The Morgan fingerprint density at radius 2 is 2.23 bits per heavy atom. The van der Waals surface area contributed by atoms with Gasteiger partial charge in [0.2, 0.25) is 0 Å². The van der Waals surface area contributed by atoms with Gasteiger partial charge in [0.1, 0.15) is 0 Å². The van der Waals surface area contributed by atoms with E-state index in [1.165, 1.54) is 16.8 Å². The van der Waals surface area contributed by atoms with Crippen LogP contribution in [0.25, 0.3) is 0 Å². The van der Waals surface area contributed by atoms with Crippen molar-refractivity contribution in [1.82, 2.24) is 5.01 Å². The van der Waals surface area contributed by atoms with E-state index in [-0.39, 0.29) is 5.91 Å². The third-order valence-electron chi connectivity index (χ3n) is 2.81. The molecule has 1 fully saturated rings. The highest BCUT2D eigenvalue weighted by Crippen LogP contribution is 2.28. The van der Waals surface area contributed by atoms with E-state index in [0.29, 0.717) is 34.1 Å². The number of hydrogen-bond donors (Lipinski definition) is 0. The van der Waals surface area contributed by atoms with Gasteiger partial charge >= 0.3 is 0 Å². The van der Waals surface area contributed by atoms with Crippen molar-refractivity contribution in [3.05, 3.63) is 23.8 Å². The van der Waals surface area contributed by atoms with Crippen LogP contribution in [-0.4, -0.2) is 40.9 Å². The van der Waals surface area contributed by atoms with Gasteiger partial charge in [0.05, 0.1) is 25.7 Å². The van der Waals surface area contributed by atoms with Crippen molar-refractivity contribution >= 4 is 40.4 Å². The van der Waals surface area contributed by atoms with Crippen LogP contribution in [0.15, 0.2) is 23.3 Å². The molecule has 0 aromatic heterocycles. The van der Waals surface area contributed by atoms with E-state index < -0.39 is 0 Å². The number of amides is 1. The number of rotatable bonds is 6. The van der Waals surface area contributed by atoms with E-state index in [1.807, 2.05) is 18.2 Å². The number of carbonyl (C=O) groups is 1. The molecule has 0 unspecified atom stereocenters. The van der Waals surface area contributed by atoms with Crippen LogP contribution in [0.1, 0.15) is 19.4 Å². The molecule has 0 atom stereocenters. The second-order valence-corrected chi connectivity index (χ2v) is 6.73. The Kier molecular flexibility index (Phi) is 5.79. The molecule has 1 aromatic rings. The minimum absolute atomic E-state index is 0.102. The number of nitrogens with zero attached hydrogens (tertiary/aromatic N) is 2. The molecule has 0 bridgehead atoms. The van der Waals surface area contributed by atoms with E-state index in [1.54, 1.807) is 13.3 Å². The van der Waals surface area contributed by atoms with Crippen LogP contribution < -0.4 is 9.47 Å². The van der Waals surface area contributed by atoms with Crippen molar-refractivity contribution in [3.63, 3.8) is 0 Å². The zero-order valence-electron chi connectivity index (χ0n) is 12.7. The number of hydrogen-bond acceptors (Lipinski definition) is 6. The summed E-state index contributed by atoms with van der Waals surface area (Å²) < 4.78 is 11.5. The maximum Gasteiger partial charge on any atom is 0.259 e. The molecule has 1 heterocycles. The monoisotopic (exact) mass is 338 g/mol. The Balaban J connectivity index is 2.12. The van der Waals surface area contributed by atoms with Crippen molar-refractivity contribution < 1.29 is 14.3 Å². The molecule has 2 rings (SSSR count). The molecule has 1 aliphatic heterocycles. The third kappa shape index (κ3) is 4.20. The van der Waals surface area contributed by atoms with Gasteiger partial charge in [0.25, 0.3) is 5.91 Å². The number of benzene rings is 1. The fourth-order valence-electron chi connectivity index (χ4n) is 1.72. The van der Waals surface area contributed by atoms with Crippen molar-refractivity contribution in [2.24, 2.45) is 11.0 Å². The van der Waals surface area contributed by atoms with Gasteiger partial charge in [-0.25, -0.2) is 0 Å². The van der Waals surface area contributed by atoms with Crippen molar-refractivity contribution in [2.45, 2.75) is 13.8 Å². The average Bonchev–Trinajstić information content (AvgIpc) is 2.82. The number of carbonyl (C=O) groups excluding carboxylic acids is 1. The lowest BCUT2D eigenvalue weighted by Crippen LogP contribution is -2.22. The molecule has 0 spiro atoms. The van der Waals surface area contributed by atoms with Gasteiger partial charge in [-0.2, -0.15) is 10.1 Å².